The fourth-order valence-electron chi connectivity index (χ4n) is 3.75. The number of benzene rings is 2. The lowest BCUT2D eigenvalue weighted by atomic mass is 10.1. The Morgan fingerprint density at radius 3 is 2.18 bits per heavy atom. The average Bonchev–Trinajstić information content (AvgIpc) is 2.78. The first kappa shape index (κ1) is 26.4. The van der Waals surface area contributed by atoms with Gasteiger partial charge in [0.2, 0.25) is 21.8 Å². The van der Waals surface area contributed by atoms with E-state index < -0.39 is 22.0 Å². The molecule has 1 atom stereocenters. The molecule has 0 bridgehead atoms. The number of rotatable bonds is 11. The van der Waals surface area contributed by atoms with Gasteiger partial charge in [0.1, 0.15) is 12.6 Å². The Morgan fingerprint density at radius 2 is 1.64 bits per heavy atom. The van der Waals surface area contributed by atoms with Crippen LogP contribution in [0, 0.1) is 6.92 Å². The van der Waals surface area contributed by atoms with Crippen LogP contribution in [0.25, 0.3) is 0 Å². The highest BCUT2D eigenvalue weighted by atomic mass is 32.2. The second kappa shape index (κ2) is 11.8. The third-order valence-corrected chi connectivity index (χ3v) is 6.66. The molecule has 0 saturated heterocycles. The third kappa shape index (κ3) is 7.05. The Morgan fingerprint density at radius 1 is 1.00 bits per heavy atom. The molecular formula is C25H35N3O4S. The van der Waals surface area contributed by atoms with Gasteiger partial charge in [-0.3, -0.25) is 13.9 Å². The Bertz CT molecular complexity index is 1050. The van der Waals surface area contributed by atoms with Gasteiger partial charge in [-0.25, -0.2) is 8.42 Å². The summed E-state index contributed by atoms with van der Waals surface area (Å²) in [6.07, 6.45) is 2.13. The Kier molecular flexibility index (Phi) is 9.46. The zero-order chi connectivity index (χ0) is 24.6. The Hall–Kier alpha value is -2.87. The first-order valence-electron chi connectivity index (χ1n) is 11.3. The largest absolute Gasteiger partial charge is 0.355 e. The second-order valence-electron chi connectivity index (χ2n) is 8.08. The van der Waals surface area contributed by atoms with Crippen molar-refractivity contribution in [3.05, 3.63) is 65.2 Å². The summed E-state index contributed by atoms with van der Waals surface area (Å²) in [6.45, 7) is 7.86. The molecule has 7 nitrogen and oxygen atoms in total. The van der Waals surface area contributed by atoms with E-state index in [0.717, 1.165) is 27.3 Å². The van der Waals surface area contributed by atoms with Crippen molar-refractivity contribution >= 4 is 27.5 Å². The molecule has 0 saturated carbocycles. The maximum absolute atomic E-state index is 13.6. The van der Waals surface area contributed by atoms with Crippen LogP contribution in [0.3, 0.4) is 0 Å². The van der Waals surface area contributed by atoms with Crippen molar-refractivity contribution < 1.29 is 18.0 Å². The van der Waals surface area contributed by atoms with Crippen molar-refractivity contribution in [2.24, 2.45) is 0 Å². The van der Waals surface area contributed by atoms with Crippen molar-refractivity contribution in [3.63, 3.8) is 0 Å². The number of hydrogen-bond donors (Lipinski definition) is 1. The monoisotopic (exact) mass is 473 g/mol. The Balaban J connectivity index is 2.46. The smallest absolute Gasteiger partial charge is 0.244 e. The zero-order valence-corrected chi connectivity index (χ0v) is 21.0. The molecule has 2 aromatic carbocycles. The molecule has 8 heteroatoms. The summed E-state index contributed by atoms with van der Waals surface area (Å²) in [5.74, 6) is -0.676. The molecule has 0 aromatic heterocycles. The number of aryl methyl sites for hydroxylation is 2. The number of amides is 2. The lowest BCUT2D eigenvalue weighted by Crippen LogP contribution is -2.52. The molecule has 2 amide bonds. The van der Waals surface area contributed by atoms with Gasteiger partial charge in [0.25, 0.3) is 0 Å². The number of anilines is 1. The maximum Gasteiger partial charge on any atom is 0.244 e. The van der Waals surface area contributed by atoms with Gasteiger partial charge in [0, 0.05) is 13.1 Å². The average molecular weight is 474 g/mol. The third-order valence-electron chi connectivity index (χ3n) is 5.53. The first-order valence-corrected chi connectivity index (χ1v) is 13.1. The van der Waals surface area contributed by atoms with Crippen LogP contribution in [0.4, 0.5) is 5.69 Å². The molecule has 0 aliphatic heterocycles. The SMILES string of the molecule is CCNC(=O)[C@H](CC)N(Cc1ccc(C)cc1)C(=O)CN(c1ccccc1CC)S(C)(=O)=O. The number of carbonyl (C=O) groups excluding carboxylic acids is 2. The van der Waals surface area contributed by atoms with Crippen molar-refractivity contribution in [2.45, 2.75) is 53.1 Å². The number of nitrogens with zero attached hydrogens (tertiary/aromatic N) is 2. The first-order chi connectivity index (χ1) is 15.6. The number of carbonyl (C=O) groups is 2. The predicted octanol–water partition coefficient (Wildman–Crippen LogP) is 3.27. The van der Waals surface area contributed by atoms with Crippen LogP contribution >= 0.6 is 0 Å². The van der Waals surface area contributed by atoms with E-state index in [4.69, 9.17) is 0 Å². The van der Waals surface area contributed by atoms with Gasteiger partial charge < -0.3 is 10.2 Å². The molecule has 0 aliphatic carbocycles. The van der Waals surface area contributed by atoms with Crippen molar-refractivity contribution in [3.8, 4) is 0 Å². The predicted molar refractivity (Wildman–Crippen MR) is 133 cm³/mol. The minimum atomic E-state index is -3.74. The van der Waals surface area contributed by atoms with Crippen LogP contribution < -0.4 is 9.62 Å². The number of hydrogen-bond acceptors (Lipinski definition) is 4. The summed E-state index contributed by atoms with van der Waals surface area (Å²) in [4.78, 5) is 27.9. The van der Waals surface area contributed by atoms with E-state index in [1.807, 2.05) is 64.1 Å². The van der Waals surface area contributed by atoms with Gasteiger partial charge in [-0.2, -0.15) is 0 Å². The summed E-state index contributed by atoms with van der Waals surface area (Å²) in [5, 5.41) is 2.80. The molecule has 0 unspecified atom stereocenters. The van der Waals surface area contributed by atoms with Crippen LogP contribution in [0.1, 0.15) is 43.9 Å². The van der Waals surface area contributed by atoms with E-state index in [9.17, 15) is 18.0 Å². The van der Waals surface area contributed by atoms with Gasteiger partial charge in [-0.05, 0) is 43.9 Å². The standard InChI is InChI=1S/C25H35N3O4S/c1-6-21-11-9-10-12-23(21)28(33(5,31)32)18-24(29)27(22(7-2)25(30)26-8-3)17-20-15-13-19(4)14-16-20/h9-16,22H,6-8,17-18H2,1-5H3,(H,26,30)/t22-/m0/s1. The van der Waals surface area contributed by atoms with Gasteiger partial charge >= 0.3 is 0 Å². The zero-order valence-electron chi connectivity index (χ0n) is 20.2. The molecule has 1 N–H and O–H groups in total. The van der Waals surface area contributed by atoms with Gasteiger partial charge in [-0.1, -0.05) is 61.9 Å². The fraction of sp³-hybridized carbons (Fsp3) is 0.440. The number of likely N-dealkylation sites (N-methyl/N-ethyl adjacent to an activating group) is 1. The van der Waals surface area contributed by atoms with Crippen molar-refractivity contribution in [1.29, 1.82) is 0 Å². The minimum Gasteiger partial charge on any atom is -0.355 e. The number of para-hydroxylation sites is 1. The molecule has 0 fully saturated rings. The minimum absolute atomic E-state index is 0.210. The van der Waals surface area contributed by atoms with E-state index in [0.29, 0.717) is 25.1 Å². The molecule has 0 radical (unpaired) electrons. The highest BCUT2D eigenvalue weighted by Gasteiger charge is 2.31. The van der Waals surface area contributed by atoms with Crippen molar-refractivity contribution in [2.75, 3.05) is 23.7 Å². The van der Waals surface area contributed by atoms with Gasteiger partial charge in [0.05, 0.1) is 11.9 Å². The van der Waals surface area contributed by atoms with Crippen LogP contribution in [0.2, 0.25) is 0 Å². The fourth-order valence-corrected chi connectivity index (χ4v) is 4.63. The molecule has 0 spiro atoms. The highest BCUT2D eigenvalue weighted by Crippen LogP contribution is 2.24. The van der Waals surface area contributed by atoms with E-state index >= 15 is 0 Å². The molecular weight excluding hydrogens is 438 g/mol. The van der Waals surface area contributed by atoms with Crippen LogP contribution in [-0.4, -0.2) is 50.5 Å². The van der Waals surface area contributed by atoms with Crippen LogP contribution in [0.5, 0.6) is 0 Å². The molecule has 2 rings (SSSR count). The molecule has 33 heavy (non-hydrogen) atoms. The summed E-state index contributed by atoms with van der Waals surface area (Å²) in [5.41, 5.74) is 3.28. The molecule has 0 heterocycles. The van der Waals surface area contributed by atoms with E-state index in [2.05, 4.69) is 5.32 Å². The lowest BCUT2D eigenvalue weighted by Gasteiger charge is -2.33. The lowest BCUT2D eigenvalue weighted by molar-refractivity contribution is -0.140. The molecule has 2 aromatic rings. The topological polar surface area (TPSA) is 86.8 Å². The van der Waals surface area contributed by atoms with Gasteiger partial charge in [0.15, 0.2) is 0 Å². The summed E-state index contributed by atoms with van der Waals surface area (Å²) in [7, 11) is -3.74. The van der Waals surface area contributed by atoms with Crippen LogP contribution in [-0.2, 0) is 32.6 Å². The number of sulfonamides is 1. The van der Waals surface area contributed by atoms with Crippen molar-refractivity contribution in [1.82, 2.24) is 10.2 Å². The summed E-state index contributed by atoms with van der Waals surface area (Å²) >= 11 is 0. The molecule has 0 aliphatic rings. The van der Waals surface area contributed by atoms with Crippen LogP contribution in [0.15, 0.2) is 48.5 Å². The molecule has 180 valence electrons. The summed E-state index contributed by atoms with van der Waals surface area (Å²) in [6, 6.07) is 14.2. The van der Waals surface area contributed by atoms with E-state index in [1.54, 1.807) is 12.1 Å². The van der Waals surface area contributed by atoms with E-state index in [1.165, 1.54) is 4.90 Å². The Labute approximate surface area is 197 Å². The van der Waals surface area contributed by atoms with Gasteiger partial charge in [-0.15, -0.1) is 0 Å². The highest BCUT2D eigenvalue weighted by molar-refractivity contribution is 7.92. The van der Waals surface area contributed by atoms with E-state index in [-0.39, 0.29) is 19.0 Å². The number of nitrogens with one attached hydrogen (secondary N) is 1. The normalized spacial score (nSPS) is 12.2. The maximum atomic E-state index is 13.6. The second-order valence-corrected chi connectivity index (χ2v) is 9.98. The quantitative estimate of drug-likeness (QED) is 0.543. The summed E-state index contributed by atoms with van der Waals surface area (Å²) < 4.78 is 26.6.